The maximum atomic E-state index is 13.1. The lowest BCUT2D eigenvalue weighted by Gasteiger charge is -2.19. The highest BCUT2D eigenvalue weighted by Crippen LogP contribution is 2.26. The summed E-state index contributed by atoms with van der Waals surface area (Å²) in [5.74, 6) is -1.60. The number of Topliss-reactive ketones (excluding diaryl/α,β-unsaturated/α-hetero) is 1. The van der Waals surface area contributed by atoms with E-state index >= 15 is 0 Å². The van der Waals surface area contributed by atoms with Crippen molar-refractivity contribution in [1.82, 2.24) is 0 Å². The number of thioether (sulfide) groups is 1. The van der Waals surface area contributed by atoms with Crippen molar-refractivity contribution in [3.63, 3.8) is 0 Å². The lowest BCUT2D eigenvalue weighted by molar-refractivity contribution is 0.0993. The summed E-state index contributed by atoms with van der Waals surface area (Å²) in [4.78, 5) is 12.1. The highest BCUT2D eigenvalue weighted by atomic mass is 32.2. The first-order valence-electron chi connectivity index (χ1n) is 5.97. The first kappa shape index (κ1) is 15.2. The first-order chi connectivity index (χ1) is 8.32. The van der Waals surface area contributed by atoms with E-state index in [0.717, 1.165) is 12.1 Å². The van der Waals surface area contributed by atoms with E-state index in [1.54, 1.807) is 18.7 Å². The number of hydrogen-bond donors (Lipinski definition) is 0. The molecule has 2 atom stereocenters. The van der Waals surface area contributed by atoms with Crippen LogP contribution >= 0.6 is 11.8 Å². The quantitative estimate of drug-likeness (QED) is 0.743. The molecule has 0 amide bonds. The molecule has 1 nitrogen and oxygen atoms in total. The van der Waals surface area contributed by atoms with Crippen LogP contribution in [0.15, 0.2) is 18.2 Å². The Labute approximate surface area is 111 Å². The zero-order valence-electron chi connectivity index (χ0n) is 11.0. The normalized spacial score (nSPS) is 14.6. The minimum absolute atomic E-state index is 0.161. The van der Waals surface area contributed by atoms with Gasteiger partial charge in [0.25, 0.3) is 0 Å². The van der Waals surface area contributed by atoms with Gasteiger partial charge in [0.1, 0.15) is 0 Å². The average molecular weight is 272 g/mol. The van der Waals surface area contributed by atoms with Crippen molar-refractivity contribution in [2.45, 2.75) is 38.2 Å². The fraction of sp³-hybridized carbons (Fsp3) is 0.500. The molecule has 18 heavy (non-hydrogen) atoms. The molecule has 1 aromatic carbocycles. The summed E-state index contributed by atoms with van der Waals surface area (Å²) < 4.78 is 25.8. The second-order valence-electron chi connectivity index (χ2n) is 4.72. The highest BCUT2D eigenvalue weighted by Gasteiger charge is 2.20. The maximum absolute atomic E-state index is 13.1. The summed E-state index contributed by atoms with van der Waals surface area (Å²) in [6, 6.07) is 3.29. The van der Waals surface area contributed by atoms with Gasteiger partial charge in [-0.05, 0) is 31.0 Å². The van der Waals surface area contributed by atoms with E-state index in [2.05, 4.69) is 20.8 Å². The zero-order chi connectivity index (χ0) is 13.9. The Morgan fingerprint density at radius 3 is 2.22 bits per heavy atom. The molecule has 0 aliphatic rings. The third-order valence-corrected chi connectivity index (χ3v) is 4.53. The summed E-state index contributed by atoms with van der Waals surface area (Å²) in [6.45, 7) is 8.04. The number of benzene rings is 1. The number of carbonyl (C=O) groups excluding carboxylic acids is 1. The van der Waals surface area contributed by atoms with Crippen molar-refractivity contribution < 1.29 is 13.6 Å². The second kappa shape index (κ2) is 6.32. The Kier molecular flexibility index (Phi) is 5.32. The van der Waals surface area contributed by atoms with E-state index in [0.29, 0.717) is 11.2 Å². The Morgan fingerprint density at radius 1 is 1.11 bits per heavy atom. The molecule has 0 saturated carbocycles. The molecule has 2 unspecified atom stereocenters. The average Bonchev–Trinajstić information content (AvgIpc) is 2.31. The number of rotatable bonds is 5. The molecule has 100 valence electrons. The van der Waals surface area contributed by atoms with E-state index in [9.17, 15) is 13.6 Å². The van der Waals surface area contributed by atoms with E-state index in [4.69, 9.17) is 0 Å². The SMILES string of the molecule is CC(SC(C)C(C)C)C(=O)c1ccc(F)c(F)c1. The first-order valence-corrected chi connectivity index (χ1v) is 6.92. The van der Waals surface area contributed by atoms with Crippen LogP contribution in [0, 0.1) is 17.6 Å². The molecule has 4 heteroatoms. The zero-order valence-corrected chi connectivity index (χ0v) is 11.9. The molecule has 0 N–H and O–H groups in total. The predicted octanol–water partition coefficient (Wildman–Crippen LogP) is 4.31. The Hall–Kier alpha value is -0.900. The van der Waals surface area contributed by atoms with Crippen LogP contribution in [0.25, 0.3) is 0 Å². The molecule has 1 rings (SSSR count). The van der Waals surface area contributed by atoms with Gasteiger partial charge in [-0.15, -0.1) is 11.8 Å². The Bertz CT molecular complexity index is 432. The van der Waals surface area contributed by atoms with Gasteiger partial charge in [0, 0.05) is 10.8 Å². The van der Waals surface area contributed by atoms with Gasteiger partial charge in [0.05, 0.1) is 5.25 Å². The minimum Gasteiger partial charge on any atom is -0.293 e. The molecule has 0 heterocycles. The van der Waals surface area contributed by atoms with Crippen molar-refractivity contribution in [2.75, 3.05) is 0 Å². The van der Waals surface area contributed by atoms with Gasteiger partial charge in [-0.25, -0.2) is 8.78 Å². The Morgan fingerprint density at radius 2 is 1.72 bits per heavy atom. The highest BCUT2D eigenvalue weighted by molar-refractivity contribution is 8.01. The molecule has 0 aromatic heterocycles. The van der Waals surface area contributed by atoms with Crippen molar-refractivity contribution in [3.8, 4) is 0 Å². The molecule has 0 saturated heterocycles. The van der Waals surface area contributed by atoms with Gasteiger partial charge in [-0.2, -0.15) is 0 Å². The summed E-state index contributed by atoms with van der Waals surface area (Å²) in [6.07, 6.45) is 0. The number of carbonyl (C=O) groups is 1. The molecule has 0 aliphatic carbocycles. The van der Waals surface area contributed by atoms with E-state index in [-0.39, 0.29) is 16.6 Å². The summed E-state index contributed by atoms with van der Waals surface area (Å²) >= 11 is 1.55. The van der Waals surface area contributed by atoms with E-state index < -0.39 is 11.6 Å². The summed E-state index contributed by atoms with van der Waals surface area (Å²) in [5.41, 5.74) is 0.227. The lowest BCUT2D eigenvalue weighted by atomic mass is 10.1. The van der Waals surface area contributed by atoms with Gasteiger partial charge >= 0.3 is 0 Å². The fourth-order valence-corrected chi connectivity index (χ4v) is 2.64. The van der Waals surface area contributed by atoms with Crippen molar-refractivity contribution in [1.29, 1.82) is 0 Å². The standard InChI is InChI=1S/C14H18F2OS/c1-8(2)9(3)18-10(4)14(17)11-5-6-12(15)13(16)7-11/h5-10H,1-4H3. The van der Waals surface area contributed by atoms with E-state index in [1.807, 2.05) is 0 Å². The van der Waals surface area contributed by atoms with Crippen LogP contribution in [-0.4, -0.2) is 16.3 Å². The molecule has 0 radical (unpaired) electrons. The second-order valence-corrected chi connectivity index (χ2v) is 6.44. The number of halogens is 2. The third kappa shape index (κ3) is 3.80. The van der Waals surface area contributed by atoms with Crippen LogP contribution in [0.2, 0.25) is 0 Å². The largest absolute Gasteiger partial charge is 0.293 e. The van der Waals surface area contributed by atoms with Crippen molar-refractivity contribution in [3.05, 3.63) is 35.4 Å². The molecule has 0 bridgehead atoms. The maximum Gasteiger partial charge on any atom is 0.175 e. The molecular weight excluding hydrogens is 254 g/mol. The van der Waals surface area contributed by atoms with Gasteiger partial charge in [-0.1, -0.05) is 20.8 Å². The van der Waals surface area contributed by atoms with Crippen LogP contribution in [0.3, 0.4) is 0 Å². The topological polar surface area (TPSA) is 17.1 Å². The van der Waals surface area contributed by atoms with Gasteiger partial charge < -0.3 is 0 Å². The summed E-state index contributed by atoms with van der Waals surface area (Å²) in [5, 5.41) is 0.0847. The van der Waals surface area contributed by atoms with Gasteiger partial charge in [0.15, 0.2) is 17.4 Å². The molecule has 1 aromatic rings. The predicted molar refractivity (Wildman–Crippen MR) is 72.0 cm³/mol. The Balaban J connectivity index is 2.77. The van der Waals surface area contributed by atoms with Crippen molar-refractivity contribution >= 4 is 17.5 Å². The van der Waals surface area contributed by atoms with Crippen LogP contribution in [0.5, 0.6) is 0 Å². The molecule has 0 aliphatic heterocycles. The lowest BCUT2D eigenvalue weighted by Crippen LogP contribution is -2.19. The van der Waals surface area contributed by atoms with E-state index in [1.165, 1.54) is 6.07 Å². The smallest absolute Gasteiger partial charge is 0.175 e. The van der Waals surface area contributed by atoms with Crippen LogP contribution in [0.1, 0.15) is 38.1 Å². The number of ketones is 1. The van der Waals surface area contributed by atoms with Crippen LogP contribution < -0.4 is 0 Å². The van der Waals surface area contributed by atoms with Crippen LogP contribution in [-0.2, 0) is 0 Å². The van der Waals surface area contributed by atoms with Crippen LogP contribution in [0.4, 0.5) is 8.78 Å². The third-order valence-electron chi connectivity index (χ3n) is 2.93. The van der Waals surface area contributed by atoms with Crippen molar-refractivity contribution in [2.24, 2.45) is 5.92 Å². The molecular formula is C14H18F2OS. The minimum atomic E-state index is -0.977. The monoisotopic (exact) mass is 272 g/mol. The molecule has 0 fully saturated rings. The fourth-order valence-electron chi connectivity index (χ4n) is 1.43. The summed E-state index contributed by atoms with van der Waals surface area (Å²) in [7, 11) is 0. The van der Waals surface area contributed by atoms with Gasteiger partial charge in [0.2, 0.25) is 0 Å². The number of hydrogen-bond acceptors (Lipinski definition) is 2. The molecule has 0 spiro atoms. The van der Waals surface area contributed by atoms with Gasteiger partial charge in [-0.3, -0.25) is 4.79 Å².